The lowest BCUT2D eigenvalue weighted by Gasteiger charge is -2.07. The summed E-state index contributed by atoms with van der Waals surface area (Å²) in [6.45, 7) is 2.06. The van der Waals surface area contributed by atoms with Gasteiger partial charge in [-0.05, 0) is 18.4 Å². The Labute approximate surface area is 83.3 Å². The topological polar surface area (TPSA) is 35.2 Å². The van der Waals surface area contributed by atoms with Crippen LogP contribution in [0.2, 0.25) is 0 Å². The first-order valence-electron chi connectivity index (χ1n) is 4.54. The van der Waals surface area contributed by atoms with Crippen LogP contribution in [-0.2, 0) is 0 Å². The number of methoxy groups -OCH3 is 1. The van der Waals surface area contributed by atoms with E-state index in [0.717, 1.165) is 22.2 Å². The number of hydrogen-bond acceptors (Lipinski definition) is 2. The highest BCUT2D eigenvalue weighted by Gasteiger charge is 2.02. The molecule has 0 spiro atoms. The highest BCUT2D eigenvalue weighted by molar-refractivity contribution is 5.91. The zero-order chi connectivity index (χ0) is 10.1. The molecule has 0 saturated heterocycles. The summed E-state index contributed by atoms with van der Waals surface area (Å²) in [7, 11) is 1.66. The lowest BCUT2D eigenvalue weighted by Crippen LogP contribution is -1.90. The summed E-state index contributed by atoms with van der Waals surface area (Å²) in [5, 5.41) is 2.23. The minimum atomic E-state index is 0.736. The molecule has 0 bridgehead atoms. The highest BCUT2D eigenvalue weighted by atomic mass is 16.5. The number of rotatable bonds is 1. The number of aryl methyl sites for hydroxylation is 1. The Morgan fingerprint density at radius 2 is 1.93 bits per heavy atom. The standard InChI is InChI=1S/C12H13NO/c1-8-3-4-11-9(5-8)6-10(13)7-12(11)14-2/h3-7H,13H2,1-2H3. The Kier molecular flexibility index (Phi) is 2.04. The minimum absolute atomic E-state index is 0.736. The number of hydrogen-bond donors (Lipinski definition) is 1. The van der Waals surface area contributed by atoms with Crippen LogP contribution in [0.1, 0.15) is 5.56 Å². The van der Waals surface area contributed by atoms with E-state index in [0.29, 0.717) is 0 Å². The summed E-state index contributed by atoms with van der Waals surface area (Å²) in [5.41, 5.74) is 7.73. The van der Waals surface area contributed by atoms with E-state index in [1.165, 1.54) is 5.56 Å². The maximum absolute atomic E-state index is 5.77. The van der Waals surface area contributed by atoms with E-state index in [9.17, 15) is 0 Å². The molecule has 0 aliphatic heterocycles. The molecule has 72 valence electrons. The average Bonchev–Trinajstić information content (AvgIpc) is 2.15. The molecule has 0 radical (unpaired) electrons. The highest BCUT2D eigenvalue weighted by Crippen LogP contribution is 2.29. The fraction of sp³-hybridized carbons (Fsp3) is 0.167. The SMILES string of the molecule is COc1cc(N)cc2cc(C)ccc12. The van der Waals surface area contributed by atoms with E-state index in [-0.39, 0.29) is 0 Å². The number of ether oxygens (including phenoxy) is 1. The predicted molar refractivity (Wildman–Crippen MR) is 59.6 cm³/mol. The van der Waals surface area contributed by atoms with Crippen molar-refractivity contribution in [2.24, 2.45) is 0 Å². The van der Waals surface area contributed by atoms with Gasteiger partial charge in [-0.25, -0.2) is 0 Å². The van der Waals surface area contributed by atoms with E-state index in [2.05, 4.69) is 25.1 Å². The van der Waals surface area contributed by atoms with Crippen LogP contribution in [0.15, 0.2) is 30.3 Å². The Hall–Kier alpha value is -1.70. The first-order chi connectivity index (χ1) is 6.70. The van der Waals surface area contributed by atoms with E-state index in [1.807, 2.05) is 12.1 Å². The van der Waals surface area contributed by atoms with E-state index >= 15 is 0 Å². The van der Waals surface area contributed by atoms with Crippen LogP contribution >= 0.6 is 0 Å². The molecule has 0 amide bonds. The number of nitrogens with two attached hydrogens (primary N) is 1. The lowest BCUT2D eigenvalue weighted by atomic mass is 10.1. The number of nitrogen functional groups attached to an aromatic ring is 1. The van der Waals surface area contributed by atoms with Gasteiger partial charge in [0.25, 0.3) is 0 Å². The van der Waals surface area contributed by atoms with Crippen LogP contribution in [-0.4, -0.2) is 7.11 Å². The van der Waals surface area contributed by atoms with Gasteiger partial charge >= 0.3 is 0 Å². The third kappa shape index (κ3) is 1.39. The van der Waals surface area contributed by atoms with Crippen molar-refractivity contribution in [2.75, 3.05) is 12.8 Å². The number of benzene rings is 2. The van der Waals surface area contributed by atoms with E-state index < -0.39 is 0 Å². The molecule has 0 aliphatic rings. The molecule has 0 aromatic heterocycles. The molecule has 0 atom stereocenters. The van der Waals surface area contributed by atoms with Crippen molar-refractivity contribution in [3.63, 3.8) is 0 Å². The van der Waals surface area contributed by atoms with Gasteiger partial charge in [-0.1, -0.05) is 23.8 Å². The fourth-order valence-corrected chi connectivity index (χ4v) is 1.65. The van der Waals surface area contributed by atoms with Crippen molar-refractivity contribution in [1.82, 2.24) is 0 Å². The van der Waals surface area contributed by atoms with Crippen molar-refractivity contribution in [2.45, 2.75) is 6.92 Å². The Balaban J connectivity index is 2.81. The fourth-order valence-electron chi connectivity index (χ4n) is 1.65. The summed E-state index contributed by atoms with van der Waals surface area (Å²) in [6.07, 6.45) is 0. The lowest BCUT2D eigenvalue weighted by molar-refractivity contribution is 0.420. The third-order valence-electron chi connectivity index (χ3n) is 2.31. The molecule has 2 rings (SSSR count). The first-order valence-corrected chi connectivity index (χ1v) is 4.54. The quantitative estimate of drug-likeness (QED) is 0.697. The van der Waals surface area contributed by atoms with E-state index in [1.54, 1.807) is 7.11 Å². The number of anilines is 1. The molecule has 0 aliphatic carbocycles. The van der Waals surface area contributed by atoms with Gasteiger partial charge in [-0.2, -0.15) is 0 Å². The molecule has 2 nitrogen and oxygen atoms in total. The molecule has 2 aromatic rings. The molecule has 14 heavy (non-hydrogen) atoms. The largest absolute Gasteiger partial charge is 0.496 e. The van der Waals surface area contributed by atoms with Crippen LogP contribution < -0.4 is 10.5 Å². The zero-order valence-electron chi connectivity index (χ0n) is 8.37. The predicted octanol–water partition coefficient (Wildman–Crippen LogP) is 2.74. The van der Waals surface area contributed by atoms with Gasteiger partial charge in [-0.15, -0.1) is 0 Å². The second-order valence-electron chi connectivity index (χ2n) is 3.45. The average molecular weight is 187 g/mol. The van der Waals surface area contributed by atoms with Gasteiger partial charge < -0.3 is 10.5 Å². The minimum Gasteiger partial charge on any atom is -0.496 e. The third-order valence-corrected chi connectivity index (χ3v) is 2.31. The molecule has 0 unspecified atom stereocenters. The van der Waals surface area contributed by atoms with Crippen molar-refractivity contribution < 1.29 is 4.74 Å². The normalized spacial score (nSPS) is 10.4. The van der Waals surface area contributed by atoms with Gasteiger partial charge in [0.05, 0.1) is 7.11 Å². The number of fused-ring (bicyclic) bond motifs is 1. The van der Waals surface area contributed by atoms with Gasteiger partial charge in [0.15, 0.2) is 0 Å². The van der Waals surface area contributed by atoms with Crippen molar-refractivity contribution in [3.05, 3.63) is 35.9 Å². The smallest absolute Gasteiger partial charge is 0.128 e. The Bertz CT molecular complexity index is 472. The van der Waals surface area contributed by atoms with Crippen molar-refractivity contribution in [1.29, 1.82) is 0 Å². The summed E-state index contributed by atoms with van der Waals surface area (Å²) in [6, 6.07) is 10.0. The molecule has 2 N–H and O–H groups in total. The zero-order valence-corrected chi connectivity index (χ0v) is 8.37. The summed E-state index contributed by atoms with van der Waals surface area (Å²) < 4.78 is 5.27. The van der Waals surface area contributed by atoms with Gasteiger partial charge in [0, 0.05) is 17.1 Å². The molecular weight excluding hydrogens is 174 g/mol. The summed E-state index contributed by atoms with van der Waals surface area (Å²) in [4.78, 5) is 0. The first kappa shape index (κ1) is 8.88. The van der Waals surface area contributed by atoms with Gasteiger partial charge in [0.1, 0.15) is 5.75 Å². The van der Waals surface area contributed by atoms with Crippen LogP contribution in [0, 0.1) is 6.92 Å². The van der Waals surface area contributed by atoms with Crippen LogP contribution in [0.5, 0.6) is 5.75 Å². The summed E-state index contributed by atoms with van der Waals surface area (Å²) in [5.74, 6) is 0.833. The molecule has 2 heteroatoms. The Morgan fingerprint density at radius 3 is 2.64 bits per heavy atom. The molecule has 0 saturated carbocycles. The maximum atomic E-state index is 5.77. The van der Waals surface area contributed by atoms with E-state index in [4.69, 9.17) is 10.5 Å². The van der Waals surface area contributed by atoms with Crippen LogP contribution in [0.3, 0.4) is 0 Å². The maximum Gasteiger partial charge on any atom is 0.128 e. The van der Waals surface area contributed by atoms with Gasteiger partial charge in [0.2, 0.25) is 0 Å². The van der Waals surface area contributed by atoms with Crippen molar-refractivity contribution in [3.8, 4) is 5.75 Å². The van der Waals surface area contributed by atoms with Crippen LogP contribution in [0.4, 0.5) is 5.69 Å². The van der Waals surface area contributed by atoms with Gasteiger partial charge in [-0.3, -0.25) is 0 Å². The summed E-state index contributed by atoms with van der Waals surface area (Å²) >= 11 is 0. The second kappa shape index (κ2) is 3.22. The second-order valence-corrected chi connectivity index (χ2v) is 3.45. The molecule has 0 fully saturated rings. The van der Waals surface area contributed by atoms with Crippen molar-refractivity contribution >= 4 is 16.5 Å². The van der Waals surface area contributed by atoms with Crippen LogP contribution in [0.25, 0.3) is 10.8 Å². The molecular formula is C12H13NO. The molecule has 0 heterocycles. The molecule has 2 aromatic carbocycles. The Morgan fingerprint density at radius 1 is 1.14 bits per heavy atom. The monoisotopic (exact) mass is 187 g/mol.